The third kappa shape index (κ3) is 2.09. The maximum Gasteiger partial charge on any atom is 0.311 e. The third-order valence-corrected chi connectivity index (χ3v) is 3.05. The maximum atomic E-state index is 11.1. The molecule has 4 nitrogen and oxygen atoms in total. The minimum atomic E-state index is -1.00. The van der Waals surface area contributed by atoms with Gasteiger partial charge < -0.3 is 9.84 Å². The van der Waals surface area contributed by atoms with Crippen molar-refractivity contribution in [3.8, 4) is 0 Å². The topological polar surface area (TPSA) is 63.6 Å². The molecule has 84 valence electrons. The number of ether oxygens (including phenoxy) is 1. The van der Waals surface area contributed by atoms with Crippen molar-refractivity contribution in [2.75, 3.05) is 0 Å². The number of carboxylic acid groups (broad SMARTS) is 1. The highest BCUT2D eigenvalue weighted by Gasteiger charge is 2.40. The van der Waals surface area contributed by atoms with E-state index in [-0.39, 0.29) is 6.42 Å². The fourth-order valence-electron chi connectivity index (χ4n) is 1.73. The number of carboxylic acids is 1. The Balaban J connectivity index is 2.28. The van der Waals surface area contributed by atoms with Crippen LogP contribution in [0, 0.1) is 5.92 Å². The first-order valence-corrected chi connectivity index (χ1v) is 5.55. The molecule has 2 rings (SSSR count). The summed E-state index contributed by atoms with van der Waals surface area (Å²) in [5.41, 5.74) is 0.710. The number of esters is 1. The van der Waals surface area contributed by atoms with Gasteiger partial charge in [-0.3, -0.25) is 9.59 Å². The highest BCUT2D eigenvalue weighted by molar-refractivity contribution is 9.10. The Morgan fingerprint density at radius 3 is 2.56 bits per heavy atom. The minimum Gasteiger partial charge on any atom is -0.481 e. The SMILES string of the molecule is O=C1C[C@H](C(=O)O)[C@@H](c2ccc(Br)cc2)O1. The fourth-order valence-corrected chi connectivity index (χ4v) is 1.99. The van der Waals surface area contributed by atoms with Gasteiger partial charge in [-0.05, 0) is 17.7 Å². The first-order valence-electron chi connectivity index (χ1n) is 4.75. The van der Waals surface area contributed by atoms with E-state index in [1.54, 1.807) is 24.3 Å². The van der Waals surface area contributed by atoms with Crippen LogP contribution in [0.1, 0.15) is 18.1 Å². The summed E-state index contributed by atoms with van der Waals surface area (Å²) in [5, 5.41) is 8.98. The molecule has 0 radical (unpaired) electrons. The van der Waals surface area contributed by atoms with Crippen molar-refractivity contribution < 1.29 is 19.4 Å². The standard InChI is InChI=1S/C11H9BrO4/c12-7-3-1-6(2-4-7)10-8(11(14)15)5-9(13)16-10/h1-4,8,10H,5H2,(H,14,15)/t8-,10+/m0/s1. The van der Waals surface area contributed by atoms with E-state index in [0.29, 0.717) is 5.56 Å². The summed E-state index contributed by atoms with van der Waals surface area (Å²) in [5.74, 6) is -2.24. The van der Waals surface area contributed by atoms with Gasteiger partial charge in [-0.1, -0.05) is 28.1 Å². The van der Waals surface area contributed by atoms with E-state index < -0.39 is 24.0 Å². The van der Waals surface area contributed by atoms with Crippen LogP contribution in [-0.2, 0) is 14.3 Å². The fraction of sp³-hybridized carbons (Fsp3) is 0.273. The molecule has 1 heterocycles. The number of hydrogen-bond donors (Lipinski definition) is 1. The third-order valence-electron chi connectivity index (χ3n) is 2.53. The Labute approximate surface area is 100 Å². The predicted molar refractivity (Wildman–Crippen MR) is 58.7 cm³/mol. The van der Waals surface area contributed by atoms with Crippen LogP contribution < -0.4 is 0 Å². The molecule has 16 heavy (non-hydrogen) atoms. The summed E-state index contributed by atoms with van der Waals surface area (Å²) in [7, 11) is 0. The molecule has 1 fully saturated rings. The van der Waals surface area contributed by atoms with Crippen molar-refractivity contribution in [3.63, 3.8) is 0 Å². The Morgan fingerprint density at radius 2 is 2.00 bits per heavy atom. The van der Waals surface area contributed by atoms with Gasteiger partial charge in [0.1, 0.15) is 12.0 Å². The highest BCUT2D eigenvalue weighted by Crippen LogP contribution is 2.35. The summed E-state index contributed by atoms with van der Waals surface area (Å²) in [6, 6.07) is 7.09. The van der Waals surface area contributed by atoms with E-state index in [1.165, 1.54) is 0 Å². The lowest BCUT2D eigenvalue weighted by atomic mass is 9.95. The Morgan fingerprint density at radius 1 is 1.38 bits per heavy atom. The summed E-state index contributed by atoms with van der Waals surface area (Å²) < 4.78 is 5.92. The van der Waals surface area contributed by atoms with Crippen LogP contribution in [-0.4, -0.2) is 17.0 Å². The zero-order valence-electron chi connectivity index (χ0n) is 8.22. The van der Waals surface area contributed by atoms with Crippen LogP contribution in [0.2, 0.25) is 0 Å². The molecule has 1 saturated heterocycles. The monoisotopic (exact) mass is 284 g/mol. The predicted octanol–water partition coefficient (Wildman–Crippen LogP) is 2.14. The smallest absolute Gasteiger partial charge is 0.311 e. The number of halogens is 1. The van der Waals surface area contributed by atoms with Crippen molar-refractivity contribution in [1.29, 1.82) is 0 Å². The van der Waals surface area contributed by atoms with Crippen LogP contribution in [0.4, 0.5) is 0 Å². The molecule has 1 aromatic carbocycles. The quantitative estimate of drug-likeness (QED) is 0.845. The molecule has 1 aliphatic heterocycles. The summed E-state index contributed by atoms with van der Waals surface area (Å²) in [6.45, 7) is 0. The molecular weight excluding hydrogens is 276 g/mol. The molecule has 0 spiro atoms. The maximum absolute atomic E-state index is 11.1. The molecule has 0 aliphatic carbocycles. The number of rotatable bonds is 2. The largest absolute Gasteiger partial charge is 0.481 e. The molecular formula is C11H9BrO4. The normalized spacial score (nSPS) is 24.2. The van der Waals surface area contributed by atoms with E-state index in [0.717, 1.165) is 4.47 Å². The van der Waals surface area contributed by atoms with Crippen LogP contribution in [0.3, 0.4) is 0 Å². The molecule has 0 amide bonds. The molecule has 0 saturated carbocycles. The van der Waals surface area contributed by atoms with Crippen molar-refractivity contribution in [2.24, 2.45) is 5.92 Å². The highest BCUT2D eigenvalue weighted by atomic mass is 79.9. The first-order chi connectivity index (χ1) is 7.58. The lowest BCUT2D eigenvalue weighted by molar-refractivity contribution is -0.144. The van der Waals surface area contributed by atoms with Gasteiger partial charge in [0.05, 0.1) is 6.42 Å². The van der Waals surface area contributed by atoms with Crippen molar-refractivity contribution in [2.45, 2.75) is 12.5 Å². The van der Waals surface area contributed by atoms with Gasteiger partial charge in [0.25, 0.3) is 0 Å². The van der Waals surface area contributed by atoms with Gasteiger partial charge >= 0.3 is 11.9 Å². The number of carbonyl (C=O) groups is 2. The second-order valence-corrected chi connectivity index (χ2v) is 4.53. The van der Waals surface area contributed by atoms with E-state index in [2.05, 4.69) is 15.9 Å². The molecule has 1 N–H and O–H groups in total. The average molecular weight is 285 g/mol. The minimum absolute atomic E-state index is 0.0595. The van der Waals surface area contributed by atoms with Crippen LogP contribution in [0.5, 0.6) is 0 Å². The molecule has 0 unspecified atom stereocenters. The molecule has 2 atom stereocenters. The zero-order valence-corrected chi connectivity index (χ0v) is 9.81. The van der Waals surface area contributed by atoms with E-state index in [4.69, 9.17) is 9.84 Å². The van der Waals surface area contributed by atoms with Crippen molar-refractivity contribution in [1.82, 2.24) is 0 Å². The average Bonchev–Trinajstić information content (AvgIpc) is 2.61. The number of hydrogen-bond acceptors (Lipinski definition) is 3. The van der Waals surface area contributed by atoms with E-state index >= 15 is 0 Å². The zero-order chi connectivity index (χ0) is 11.7. The number of cyclic esters (lactones) is 1. The van der Waals surface area contributed by atoms with Crippen LogP contribution >= 0.6 is 15.9 Å². The Hall–Kier alpha value is -1.36. The van der Waals surface area contributed by atoms with Gasteiger partial charge in [0.15, 0.2) is 0 Å². The molecule has 0 aromatic heterocycles. The number of benzene rings is 1. The van der Waals surface area contributed by atoms with Gasteiger partial charge in [0.2, 0.25) is 0 Å². The van der Waals surface area contributed by atoms with Gasteiger partial charge in [-0.25, -0.2) is 0 Å². The molecule has 0 bridgehead atoms. The Kier molecular flexibility index (Phi) is 2.96. The molecule has 1 aliphatic rings. The lowest BCUT2D eigenvalue weighted by Gasteiger charge is -2.14. The van der Waals surface area contributed by atoms with Gasteiger partial charge in [-0.15, -0.1) is 0 Å². The van der Waals surface area contributed by atoms with Crippen molar-refractivity contribution in [3.05, 3.63) is 34.3 Å². The second-order valence-electron chi connectivity index (χ2n) is 3.61. The van der Waals surface area contributed by atoms with Crippen molar-refractivity contribution >= 4 is 27.9 Å². The van der Waals surface area contributed by atoms with Crippen LogP contribution in [0.15, 0.2) is 28.7 Å². The van der Waals surface area contributed by atoms with Gasteiger partial charge in [-0.2, -0.15) is 0 Å². The van der Waals surface area contributed by atoms with E-state index in [9.17, 15) is 9.59 Å². The summed E-state index contributed by atoms with van der Waals surface area (Å²) in [4.78, 5) is 22.1. The molecule has 5 heteroatoms. The second kappa shape index (κ2) is 4.25. The number of carbonyl (C=O) groups excluding carboxylic acids is 1. The summed E-state index contributed by atoms with van der Waals surface area (Å²) >= 11 is 3.29. The van der Waals surface area contributed by atoms with Crippen LogP contribution in [0.25, 0.3) is 0 Å². The Bertz CT molecular complexity index is 426. The molecule has 1 aromatic rings. The number of aliphatic carboxylic acids is 1. The van der Waals surface area contributed by atoms with Gasteiger partial charge in [0, 0.05) is 4.47 Å². The van der Waals surface area contributed by atoms with E-state index in [1.807, 2.05) is 0 Å². The first kappa shape index (κ1) is 11.1. The lowest BCUT2D eigenvalue weighted by Crippen LogP contribution is -2.17. The summed E-state index contributed by atoms with van der Waals surface area (Å²) in [6.07, 6.45) is -0.728.